The molecule has 2 aromatic carbocycles. The summed E-state index contributed by atoms with van der Waals surface area (Å²) in [4.78, 5) is 15.7. The van der Waals surface area contributed by atoms with E-state index in [9.17, 15) is 4.79 Å². The molecule has 2 aliphatic heterocycles. The first-order valence-electron chi connectivity index (χ1n) is 11.1. The molecule has 0 aromatic heterocycles. The highest BCUT2D eigenvalue weighted by atomic mass is 35.5. The van der Waals surface area contributed by atoms with Crippen molar-refractivity contribution in [2.75, 3.05) is 31.5 Å². The van der Waals surface area contributed by atoms with Gasteiger partial charge in [0.2, 0.25) is 0 Å². The van der Waals surface area contributed by atoms with Gasteiger partial charge in [0, 0.05) is 29.2 Å². The third kappa shape index (κ3) is 5.28. The van der Waals surface area contributed by atoms with Crippen LogP contribution in [0.2, 0.25) is 15.1 Å². The van der Waals surface area contributed by atoms with Crippen LogP contribution in [0.25, 0.3) is 0 Å². The number of primary amides is 1. The van der Waals surface area contributed by atoms with Crippen molar-refractivity contribution in [2.45, 2.75) is 44.2 Å². The molecule has 0 spiro atoms. The molecule has 0 saturated carbocycles. The number of benzene rings is 2. The zero-order valence-corrected chi connectivity index (χ0v) is 20.4. The molecule has 5 nitrogen and oxygen atoms in total. The molecule has 2 aromatic rings. The SMILES string of the molecule is C[C@@H](Nc1cc(C2CCN([C@@H]3CCN(C(N)=O)C3)CC2)ccc1Cl)c1ccc(Cl)cc1Cl. The van der Waals surface area contributed by atoms with E-state index in [1.165, 1.54) is 5.56 Å². The second-order valence-electron chi connectivity index (χ2n) is 8.81. The minimum atomic E-state index is -0.308. The Morgan fingerprint density at radius 3 is 2.44 bits per heavy atom. The predicted molar refractivity (Wildman–Crippen MR) is 133 cm³/mol. The fourth-order valence-electron chi connectivity index (χ4n) is 4.91. The Labute approximate surface area is 204 Å². The molecule has 0 unspecified atom stereocenters. The second-order valence-corrected chi connectivity index (χ2v) is 10.1. The lowest BCUT2D eigenvalue weighted by molar-refractivity contribution is 0.153. The quantitative estimate of drug-likeness (QED) is 0.523. The van der Waals surface area contributed by atoms with Crippen LogP contribution in [0.1, 0.15) is 49.3 Å². The Balaban J connectivity index is 1.39. The largest absolute Gasteiger partial charge is 0.377 e. The van der Waals surface area contributed by atoms with E-state index in [1.807, 2.05) is 18.2 Å². The lowest BCUT2D eigenvalue weighted by Crippen LogP contribution is -2.43. The van der Waals surface area contributed by atoms with Crippen LogP contribution < -0.4 is 11.1 Å². The number of nitrogens with zero attached hydrogens (tertiary/aromatic N) is 2. The minimum absolute atomic E-state index is 0.00932. The highest BCUT2D eigenvalue weighted by Crippen LogP contribution is 2.36. The molecule has 0 radical (unpaired) electrons. The summed E-state index contributed by atoms with van der Waals surface area (Å²) in [6.45, 7) is 5.64. The third-order valence-corrected chi connectivity index (χ3v) is 7.68. The number of nitrogens with two attached hydrogens (primary N) is 1. The number of likely N-dealkylation sites (tertiary alicyclic amines) is 2. The number of carbonyl (C=O) groups is 1. The number of urea groups is 1. The molecule has 2 heterocycles. The van der Waals surface area contributed by atoms with Crippen LogP contribution in [0, 0.1) is 0 Å². The fraction of sp³-hybridized carbons (Fsp3) is 0.458. The number of rotatable bonds is 5. The van der Waals surface area contributed by atoms with Gasteiger partial charge in [0.1, 0.15) is 0 Å². The Hall–Kier alpha value is -1.66. The summed E-state index contributed by atoms with van der Waals surface area (Å²) < 4.78 is 0. The minimum Gasteiger partial charge on any atom is -0.377 e. The van der Waals surface area contributed by atoms with Crippen molar-refractivity contribution in [2.24, 2.45) is 5.73 Å². The van der Waals surface area contributed by atoms with Gasteiger partial charge in [-0.25, -0.2) is 4.79 Å². The first-order chi connectivity index (χ1) is 15.3. The first-order valence-corrected chi connectivity index (χ1v) is 12.2. The maximum atomic E-state index is 11.4. The van der Waals surface area contributed by atoms with Crippen LogP contribution in [-0.2, 0) is 0 Å². The lowest BCUT2D eigenvalue weighted by atomic mass is 9.88. The topological polar surface area (TPSA) is 61.6 Å². The van der Waals surface area contributed by atoms with Crippen LogP contribution >= 0.6 is 34.8 Å². The molecule has 2 atom stereocenters. The van der Waals surface area contributed by atoms with E-state index in [0.717, 1.165) is 56.7 Å². The molecule has 8 heteroatoms. The van der Waals surface area contributed by atoms with E-state index in [2.05, 4.69) is 29.3 Å². The summed E-state index contributed by atoms with van der Waals surface area (Å²) in [5, 5.41) is 5.47. The zero-order chi connectivity index (χ0) is 22.8. The van der Waals surface area contributed by atoms with E-state index >= 15 is 0 Å². The molecule has 2 amide bonds. The van der Waals surface area contributed by atoms with Crippen LogP contribution in [-0.4, -0.2) is 48.1 Å². The molecule has 2 aliphatic rings. The summed E-state index contributed by atoms with van der Waals surface area (Å²) in [7, 11) is 0. The molecule has 3 N–H and O–H groups in total. The van der Waals surface area contributed by atoms with E-state index in [4.69, 9.17) is 40.5 Å². The second kappa shape index (κ2) is 10.1. The maximum absolute atomic E-state index is 11.4. The monoisotopic (exact) mass is 494 g/mol. The van der Waals surface area contributed by atoms with Gasteiger partial charge in [-0.3, -0.25) is 4.90 Å². The molecular weight excluding hydrogens is 467 g/mol. The number of hydrogen-bond donors (Lipinski definition) is 2. The summed E-state index contributed by atoms with van der Waals surface area (Å²) in [6.07, 6.45) is 3.19. The van der Waals surface area contributed by atoms with Gasteiger partial charge >= 0.3 is 6.03 Å². The molecule has 0 aliphatic carbocycles. The number of piperidine rings is 1. The average molecular weight is 496 g/mol. The predicted octanol–water partition coefficient (Wildman–Crippen LogP) is 6.15. The van der Waals surface area contributed by atoms with E-state index < -0.39 is 0 Å². The van der Waals surface area contributed by atoms with Crippen molar-refractivity contribution in [3.05, 3.63) is 62.6 Å². The summed E-state index contributed by atoms with van der Waals surface area (Å²) >= 11 is 18.9. The Morgan fingerprint density at radius 2 is 1.78 bits per heavy atom. The van der Waals surface area contributed by atoms with Crippen molar-refractivity contribution in [1.82, 2.24) is 9.80 Å². The van der Waals surface area contributed by atoms with Gasteiger partial charge in [0.25, 0.3) is 0 Å². The Morgan fingerprint density at radius 1 is 1.03 bits per heavy atom. The molecule has 2 fully saturated rings. The van der Waals surface area contributed by atoms with E-state index in [-0.39, 0.29) is 12.1 Å². The lowest BCUT2D eigenvalue weighted by Gasteiger charge is -2.36. The van der Waals surface area contributed by atoms with Gasteiger partial charge in [-0.15, -0.1) is 0 Å². The van der Waals surface area contributed by atoms with Crippen molar-refractivity contribution in [3.8, 4) is 0 Å². The standard InChI is InChI=1S/C24H29Cl3N4O/c1-15(20-4-3-18(25)13-22(20)27)29-23-12-17(2-5-21(23)26)16-6-9-30(10-7-16)19-8-11-31(14-19)24(28)32/h2-5,12-13,15-16,19,29H,6-11,14H2,1H3,(H2,28,32)/t15-,19-/m1/s1. The number of hydrogen-bond acceptors (Lipinski definition) is 3. The van der Waals surface area contributed by atoms with Crippen molar-refractivity contribution in [1.29, 1.82) is 0 Å². The highest BCUT2D eigenvalue weighted by Gasteiger charge is 2.32. The fourth-order valence-corrected chi connectivity index (χ4v) is 5.65. The first kappa shape index (κ1) is 23.5. The van der Waals surface area contributed by atoms with E-state index in [0.29, 0.717) is 27.0 Å². The summed E-state index contributed by atoms with van der Waals surface area (Å²) in [5.74, 6) is 0.493. The zero-order valence-electron chi connectivity index (χ0n) is 18.2. The van der Waals surface area contributed by atoms with Gasteiger partial charge in [-0.1, -0.05) is 46.9 Å². The van der Waals surface area contributed by atoms with Gasteiger partial charge < -0.3 is 16.0 Å². The van der Waals surface area contributed by atoms with Gasteiger partial charge in [0.05, 0.1) is 16.8 Å². The van der Waals surface area contributed by atoms with Crippen molar-refractivity contribution < 1.29 is 4.79 Å². The van der Waals surface area contributed by atoms with Crippen molar-refractivity contribution in [3.63, 3.8) is 0 Å². The number of amides is 2. The van der Waals surface area contributed by atoms with Gasteiger partial charge in [0.15, 0.2) is 0 Å². The molecular formula is C24H29Cl3N4O. The van der Waals surface area contributed by atoms with Crippen LogP contribution in [0.15, 0.2) is 36.4 Å². The van der Waals surface area contributed by atoms with Crippen LogP contribution in [0.3, 0.4) is 0 Å². The average Bonchev–Trinajstić information content (AvgIpc) is 3.26. The number of nitrogens with one attached hydrogen (secondary N) is 1. The smallest absolute Gasteiger partial charge is 0.314 e. The van der Waals surface area contributed by atoms with Crippen LogP contribution in [0.4, 0.5) is 10.5 Å². The van der Waals surface area contributed by atoms with Crippen LogP contribution in [0.5, 0.6) is 0 Å². The summed E-state index contributed by atoms with van der Waals surface area (Å²) in [5.41, 5.74) is 8.63. The van der Waals surface area contributed by atoms with Gasteiger partial charge in [-0.2, -0.15) is 0 Å². The number of halogens is 3. The Kier molecular flexibility index (Phi) is 7.40. The van der Waals surface area contributed by atoms with Crippen molar-refractivity contribution >= 4 is 46.5 Å². The third-order valence-electron chi connectivity index (χ3n) is 6.78. The normalized spacial score (nSPS) is 21.0. The molecule has 4 rings (SSSR count). The molecule has 32 heavy (non-hydrogen) atoms. The van der Waals surface area contributed by atoms with Gasteiger partial charge in [-0.05, 0) is 80.6 Å². The highest BCUT2D eigenvalue weighted by molar-refractivity contribution is 6.35. The molecule has 2 saturated heterocycles. The number of anilines is 1. The summed E-state index contributed by atoms with van der Waals surface area (Å²) in [6, 6.07) is 11.9. The molecule has 172 valence electrons. The maximum Gasteiger partial charge on any atom is 0.314 e. The van der Waals surface area contributed by atoms with E-state index in [1.54, 1.807) is 11.0 Å². The molecule has 0 bridgehead atoms. The number of carbonyl (C=O) groups excluding carboxylic acids is 1. The Bertz CT molecular complexity index is 978.